The Morgan fingerprint density at radius 2 is 1.87 bits per heavy atom. The number of amides is 1. The molecule has 0 spiro atoms. The lowest BCUT2D eigenvalue weighted by atomic mass is 9.82. The Kier molecular flexibility index (Phi) is 10.5. The fourth-order valence-corrected chi connectivity index (χ4v) is 8.05. The van der Waals surface area contributed by atoms with Gasteiger partial charge in [0.25, 0.3) is 0 Å². The number of carbonyl (C=O) groups is 1. The van der Waals surface area contributed by atoms with E-state index in [1.165, 1.54) is 16.6 Å². The van der Waals surface area contributed by atoms with Gasteiger partial charge in [-0.1, -0.05) is 48.0 Å². The zero-order valence-electron chi connectivity index (χ0n) is 24.8. The maximum absolute atomic E-state index is 15.3. The molecular formula is C33H36ClF2N5O3S. The van der Waals surface area contributed by atoms with Crippen molar-refractivity contribution in [1.82, 2.24) is 14.6 Å². The van der Waals surface area contributed by atoms with Crippen LogP contribution in [-0.2, 0) is 21.2 Å². The topological polar surface area (TPSA) is 117 Å². The third kappa shape index (κ3) is 7.50. The number of hydrogen-bond donors (Lipinski definition) is 3. The summed E-state index contributed by atoms with van der Waals surface area (Å²) >= 11 is 6.09. The molecule has 238 valence electrons. The maximum atomic E-state index is 15.3. The average Bonchev–Trinajstić information content (AvgIpc) is 3.02. The van der Waals surface area contributed by atoms with E-state index in [1.807, 2.05) is 13.0 Å². The van der Waals surface area contributed by atoms with E-state index in [2.05, 4.69) is 15.6 Å². The summed E-state index contributed by atoms with van der Waals surface area (Å²) in [6, 6.07) is 13.1. The van der Waals surface area contributed by atoms with Crippen molar-refractivity contribution in [1.29, 1.82) is 0 Å². The number of aromatic nitrogens is 1. The minimum atomic E-state index is -3.81. The van der Waals surface area contributed by atoms with Crippen molar-refractivity contribution in [2.45, 2.75) is 61.5 Å². The highest BCUT2D eigenvalue weighted by molar-refractivity contribution is 7.89. The van der Waals surface area contributed by atoms with Crippen molar-refractivity contribution in [2.24, 2.45) is 5.73 Å². The van der Waals surface area contributed by atoms with Gasteiger partial charge in [0.15, 0.2) is 0 Å². The van der Waals surface area contributed by atoms with Gasteiger partial charge in [-0.2, -0.15) is 4.31 Å². The zero-order chi connectivity index (χ0) is 32.1. The molecular weight excluding hydrogens is 620 g/mol. The van der Waals surface area contributed by atoms with Crippen LogP contribution in [-0.4, -0.2) is 54.8 Å². The number of anilines is 1. The molecule has 0 unspecified atom stereocenters. The molecule has 1 saturated heterocycles. The number of carbonyl (C=O) groups excluding carboxylic acids is 1. The average molecular weight is 656 g/mol. The number of piperazine rings is 1. The fraction of sp³-hybridized carbons (Fsp3) is 0.333. The van der Waals surface area contributed by atoms with Crippen molar-refractivity contribution >= 4 is 33.2 Å². The summed E-state index contributed by atoms with van der Waals surface area (Å²) in [5.41, 5.74) is 8.11. The second-order valence-electron chi connectivity index (χ2n) is 11.4. The number of halogens is 3. The first kappa shape index (κ1) is 32.9. The molecule has 1 fully saturated rings. The molecule has 0 radical (unpaired) electrons. The lowest BCUT2D eigenvalue weighted by molar-refractivity contribution is -0.117. The van der Waals surface area contributed by atoms with Crippen LogP contribution >= 0.6 is 11.6 Å². The lowest BCUT2D eigenvalue weighted by Crippen LogP contribution is -2.58. The summed E-state index contributed by atoms with van der Waals surface area (Å²) in [6.45, 7) is 2.70. The van der Waals surface area contributed by atoms with Gasteiger partial charge in [-0.15, -0.1) is 0 Å². The van der Waals surface area contributed by atoms with Crippen molar-refractivity contribution in [3.63, 3.8) is 0 Å². The number of rotatable bonds is 10. The molecule has 2 heterocycles. The lowest BCUT2D eigenvalue weighted by Gasteiger charge is -2.40. The van der Waals surface area contributed by atoms with Crippen LogP contribution in [0.15, 0.2) is 95.4 Å². The number of nitrogens with zero attached hydrogens (tertiary/aromatic N) is 2. The Bertz CT molecular complexity index is 1690. The van der Waals surface area contributed by atoms with Gasteiger partial charge in [0.05, 0.1) is 29.0 Å². The molecule has 5 rings (SSSR count). The zero-order valence-corrected chi connectivity index (χ0v) is 26.4. The Balaban J connectivity index is 1.37. The van der Waals surface area contributed by atoms with Gasteiger partial charge in [-0.05, 0) is 67.7 Å². The van der Waals surface area contributed by atoms with Crippen LogP contribution in [0.3, 0.4) is 0 Å². The van der Waals surface area contributed by atoms with Crippen molar-refractivity contribution < 1.29 is 22.0 Å². The normalized spacial score (nSPS) is 20.6. The summed E-state index contributed by atoms with van der Waals surface area (Å²) in [5, 5.41) is 6.52. The van der Waals surface area contributed by atoms with Crippen LogP contribution in [0.25, 0.3) is 0 Å². The van der Waals surface area contributed by atoms with Crippen LogP contribution in [0, 0.1) is 5.82 Å². The highest BCUT2D eigenvalue weighted by atomic mass is 35.5. The van der Waals surface area contributed by atoms with Gasteiger partial charge in [0.1, 0.15) is 11.6 Å². The first-order chi connectivity index (χ1) is 21.6. The molecule has 8 nitrogen and oxygen atoms in total. The number of benzene rings is 2. The Labute approximate surface area is 267 Å². The molecule has 1 aliphatic heterocycles. The van der Waals surface area contributed by atoms with E-state index in [1.54, 1.807) is 54.6 Å². The van der Waals surface area contributed by atoms with Gasteiger partial charge in [-0.3, -0.25) is 9.78 Å². The number of hydrogen-bond acceptors (Lipinski definition) is 6. The first-order valence-electron chi connectivity index (χ1n) is 14.9. The van der Waals surface area contributed by atoms with Crippen molar-refractivity contribution in [3.8, 4) is 0 Å². The number of sulfonamides is 1. The van der Waals surface area contributed by atoms with Gasteiger partial charge < -0.3 is 16.4 Å². The molecule has 45 heavy (non-hydrogen) atoms. The maximum Gasteiger partial charge on any atom is 0.243 e. The highest BCUT2D eigenvalue weighted by Crippen LogP contribution is 2.34. The van der Waals surface area contributed by atoms with Crippen LogP contribution < -0.4 is 16.4 Å². The van der Waals surface area contributed by atoms with E-state index in [-0.39, 0.29) is 47.3 Å². The Morgan fingerprint density at radius 3 is 2.58 bits per heavy atom. The Hall–Kier alpha value is -3.48. The van der Waals surface area contributed by atoms with Gasteiger partial charge >= 0.3 is 0 Å². The summed E-state index contributed by atoms with van der Waals surface area (Å²) < 4.78 is 58.3. The smallest absolute Gasteiger partial charge is 0.243 e. The predicted molar refractivity (Wildman–Crippen MR) is 171 cm³/mol. The van der Waals surface area contributed by atoms with E-state index in [0.29, 0.717) is 35.7 Å². The minimum Gasteiger partial charge on any atom is -0.323 e. The first-order valence-corrected chi connectivity index (χ1v) is 16.7. The van der Waals surface area contributed by atoms with Crippen LogP contribution in [0.4, 0.5) is 14.5 Å². The molecule has 1 amide bonds. The number of nitrogens with two attached hydrogens (primary N) is 1. The summed E-state index contributed by atoms with van der Waals surface area (Å²) in [4.78, 5) is 17.7. The minimum absolute atomic E-state index is 0.124. The van der Waals surface area contributed by atoms with Crippen LogP contribution in [0.1, 0.15) is 43.2 Å². The molecule has 0 bridgehead atoms. The molecule has 3 aromatic rings. The SMILES string of the molecule is C[C@H]1CNC[C@H](CCc2c(F)cncc2NC(=O)[C@@H](N)[C@H](C2=CCCC(F)=C2)c2ccc(Cl)cc2)N1S(=O)(=O)c1ccccc1. The Morgan fingerprint density at radius 1 is 1.13 bits per heavy atom. The molecule has 0 saturated carbocycles. The van der Waals surface area contributed by atoms with E-state index in [0.717, 1.165) is 6.20 Å². The van der Waals surface area contributed by atoms with Crippen molar-refractivity contribution in [3.05, 3.63) is 113 Å². The fourth-order valence-electron chi connectivity index (χ4n) is 6.06. The molecule has 4 N–H and O–H groups in total. The molecule has 4 atom stereocenters. The van der Waals surface area contributed by atoms with Gasteiger partial charge in [0, 0.05) is 48.1 Å². The van der Waals surface area contributed by atoms with Crippen molar-refractivity contribution in [2.75, 3.05) is 18.4 Å². The predicted octanol–water partition coefficient (Wildman–Crippen LogP) is 5.48. The summed E-state index contributed by atoms with van der Waals surface area (Å²) in [6.07, 6.45) is 6.82. The highest BCUT2D eigenvalue weighted by Gasteiger charge is 2.38. The van der Waals surface area contributed by atoms with E-state index >= 15 is 4.39 Å². The van der Waals surface area contributed by atoms with Crippen LogP contribution in [0.5, 0.6) is 0 Å². The third-order valence-electron chi connectivity index (χ3n) is 8.26. The number of pyridine rings is 1. The number of allylic oxidation sites excluding steroid dienone is 3. The standard InChI is InChI=1S/C33H36ClF2N5O3S/c1-21-17-38-18-26(41(21)45(43,44)27-8-3-2-4-9-27)14-15-28-29(36)19-39-20-30(28)40-33(42)32(37)31(22-10-12-24(34)13-11-22)23-6-5-7-25(35)16-23/h2-4,6,8-13,16,19-21,26,31-32,38H,5,7,14-15,17-18,37H2,1H3,(H,40,42)/t21-,26-,31-,32-/m0/s1. The molecule has 2 aromatic carbocycles. The van der Waals surface area contributed by atoms with E-state index < -0.39 is 39.7 Å². The second-order valence-corrected chi connectivity index (χ2v) is 13.7. The van der Waals surface area contributed by atoms with Crippen LogP contribution in [0.2, 0.25) is 5.02 Å². The monoisotopic (exact) mass is 655 g/mol. The summed E-state index contributed by atoms with van der Waals surface area (Å²) in [5.74, 6) is -2.23. The largest absolute Gasteiger partial charge is 0.323 e. The number of nitrogens with one attached hydrogen (secondary N) is 2. The molecule has 12 heteroatoms. The second kappa shape index (κ2) is 14.3. The van der Waals surface area contributed by atoms with Gasteiger partial charge in [0.2, 0.25) is 15.9 Å². The van der Waals surface area contributed by atoms with Gasteiger partial charge in [-0.25, -0.2) is 17.2 Å². The third-order valence-corrected chi connectivity index (χ3v) is 10.6. The van der Waals surface area contributed by atoms with E-state index in [4.69, 9.17) is 17.3 Å². The molecule has 1 aliphatic carbocycles. The molecule has 2 aliphatic rings. The summed E-state index contributed by atoms with van der Waals surface area (Å²) in [7, 11) is -3.81. The quantitative estimate of drug-likeness (QED) is 0.266. The molecule has 1 aromatic heterocycles. The van der Waals surface area contributed by atoms with E-state index in [9.17, 15) is 17.6 Å².